The van der Waals surface area contributed by atoms with E-state index in [4.69, 9.17) is 46.4 Å². The minimum absolute atomic E-state index is 0.0442. The van der Waals surface area contributed by atoms with E-state index in [1.165, 1.54) is 6.20 Å². The topological polar surface area (TPSA) is 87.5 Å². The van der Waals surface area contributed by atoms with E-state index in [9.17, 15) is 9.90 Å². The number of nitrogens with one attached hydrogen (secondary N) is 1. The van der Waals surface area contributed by atoms with Gasteiger partial charge in [0.1, 0.15) is 10.8 Å². The van der Waals surface area contributed by atoms with Gasteiger partial charge in [-0.3, -0.25) is 0 Å². The molecule has 1 aromatic carbocycles. The number of halogens is 4. The highest BCUT2D eigenvalue weighted by molar-refractivity contribution is 6.46. The molecule has 24 heavy (non-hydrogen) atoms. The largest absolute Gasteiger partial charge is 0.476 e. The minimum atomic E-state index is -1.32. The number of aliphatic carboxylic acids is 1. The molecule has 1 atom stereocenters. The average Bonchev–Trinajstić information content (AvgIpc) is 2.48. The van der Waals surface area contributed by atoms with Gasteiger partial charge in [0.25, 0.3) is 0 Å². The van der Waals surface area contributed by atoms with Crippen LogP contribution in [0.3, 0.4) is 0 Å². The molecule has 6 nitrogen and oxygen atoms in total. The third-order valence-corrected chi connectivity index (χ3v) is 3.93. The summed E-state index contributed by atoms with van der Waals surface area (Å²) in [6.07, 6.45) is 1.18. The second kappa shape index (κ2) is 7.98. The lowest BCUT2D eigenvalue weighted by Gasteiger charge is -2.14. The molecule has 0 saturated heterocycles. The van der Waals surface area contributed by atoms with Crippen LogP contribution in [0, 0.1) is 0 Å². The Bertz CT molecular complexity index is 813. The van der Waals surface area contributed by atoms with E-state index in [0.717, 1.165) is 0 Å². The van der Waals surface area contributed by atoms with Crippen LogP contribution in [-0.4, -0.2) is 26.8 Å². The van der Waals surface area contributed by atoms with Gasteiger partial charge in [-0.2, -0.15) is 5.10 Å². The highest BCUT2D eigenvalue weighted by atomic mass is 35.5. The van der Waals surface area contributed by atoms with Crippen molar-refractivity contribution in [3.63, 3.8) is 0 Å². The molecule has 126 valence electrons. The summed E-state index contributed by atoms with van der Waals surface area (Å²) in [5, 5.41) is 14.0. The number of aromatic nitrogens is 2. The lowest BCUT2D eigenvalue weighted by Crippen LogP contribution is -2.23. The number of hydrogen-bond acceptors (Lipinski definition) is 5. The monoisotopic (exact) mass is 406 g/mol. The number of carboxylic acid groups (broad SMARTS) is 1. The number of benzene rings is 1. The SMILES string of the molecule is CC(N/N=C(\C(=O)O)c1ncc(Cl)nc1Cl)c1ccc(Cl)cc1Cl. The number of nitrogens with zero attached hydrogens (tertiary/aromatic N) is 3. The molecule has 0 saturated carbocycles. The Morgan fingerprint density at radius 3 is 2.58 bits per heavy atom. The van der Waals surface area contributed by atoms with Crippen LogP contribution in [0.1, 0.15) is 24.2 Å². The predicted octanol–water partition coefficient (Wildman–Crippen LogP) is 4.23. The van der Waals surface area contributed by atoms with Crippen molar-refractivity contribution >= 4 is 58.1 Å². The number of rotatable bonds is 5. The Labute approximate surface area is 157 Å². The smallest absolute Gasteiger partial charge is 0.358 e. The van der Waals surface area contributed by atoms with Crippen molar-refractivity contribution in [3.8, 4) is 0 Å². The van der Waals surface area contributed by atoms with Crippen LogP contribution in [0.5, 0.6) is 0 Å². The summed E-state index contributed by atoms with van der Waals surface area (Å²) in [5.74, 6) is -1.32. The molecule has 0 radical (unpaired) electrons. The third-order valence-electron chi connectivity index (χ3n) is 2.93. The molecule has 0 aliphatic heterocycles. The molecule has 0 aliphatic rings. The van der Waals surface area contributed by atoms with Crippen LogP contribution in [0.4, 0.5) is 0 Å². The van der Waals surface area contributed by atoms with Gasteiger partial charge in [0.2, 0.25) is 0 Å². The Morgan fingerprint density at radius 2 is 2.00 bits per heavy atom. The molecule has 0 amide bonds. The zero-order valence-electron chi connectivity index (χ0n) is 12.1. The molecule has 0 bridgehead atoms. The summed E-state index contributed by atoms with van der Waals surface area (Å²) < 4.78 is 0. The fraction of sp³-hybridized carbons (Fsp3) is 0.143. The van der Waals surface area contributed by atoms with E-state index in [1.807, 2.05) is 0 Å². The zero-order chi connectivity index (χ0) is 17.9. The lowest BCUT2D eigenvalue weighted by atomic mass is 10.1. The first kappa shape index (κ1) is 18.7. The standard InChI is InChI=1S/C14H10Cl4N4O2/c1-6(8-3-2-7(15)4-9(8)16)21-22-12(14(23)24)11-13(18)20-10(17)5-19-11/h2-6,21H,1H3,(H,23,24)/b22-12-. The maximum absolute atomic E-state index is 11.4. The molecule has 10 heteroatoms. The Hall–Kier alpha value is -1.60. The number of hydrazone groups is 1. The van der Waals surface area contributed by atoms with Crippen molar-refractivity contribution in [1.29, 1.82) is 0 Å². The fourth-order valence-electron chi connectivity index (χ4n) is 1.79. The van der Waals surface area contributed by atoms with Crippen molar-refractivity contribution in [2.24, 2.45) is 5.10 Å². The zero-order valence-corrected chi connectivity index (χ0v) is 15.1. The third kappa shape index (κ3) is 4.48. The summed E-state index contributed by atoms with van der Waals surface area (Å²) in [7, 11) is 0. The van der Waals surface area contributed by atoms with E-state index in [2.05, 4.69) is 20.5 Å². The van der Waals surface area contributed by atoms with Gasteiger partial charge in [0.15, 0.2) is 10.9 Å². The Balaban J connectivity index is 2.30. The molecule has 1 heterocycles. The van der Waals surface area contributed by atoms with Crippen LogP contribution in [0.25, 0.3) is 0 Å². The van der Waals surface area contributed by atoms with Crippen molar-refractivity contribution in [2.75, 3.05) is 0 Å². The quantitative estimate of drug-likeness (QED) is 0.571. The summed E-state index contributed by atoms with van der Waals surface area (Å²) in [4.78, 5) is 19.0. The number of carbonyl (C=O) groups is 1. The molecule has 0 spiro atoms. The molecule has 1 unspecified atom stereocenters. The van der Waals surface area contributed by atoms with E-state index in [1.54, 1.807) is 25.1 Å². The molecular formula is C14H10Cl4N4O2. The van der Waals surface area contributed by atoms with Crippen molar-refractivity contribution in [2.45, 2.75) is 13.0 Å². The molecule has 1 aromatic heterocycles. The molecule has 2 N–H and O–H groups in total. The van der Waals surface area contributed by atoms with E-state index >= 15 is 0 Å². The lowest BCUT2D eigenvalue weighted by molar-refractivity contribution is -0.129. The van der Waals surface area contributed by atoms with Crippen LogP contribution in [0.15, 0.2) is 29.5 Å². The second-order valence-electron chi connectivity index (χ2n) is 4.61. The van der Waals surface area contributed by atoms with Gasteiger partial charge < -0.3 is 10.5 Å². The molecule has 0 fully saturated rings. The fourth-order valence-corrected chi connectivity index (χ4v) is 2.77. The van der Waals surface area contributed by atoms with Crippen molar-refractivity contribution in [3.05, 3.63) is 56.0 Å². The second-order valence-corrected chi connectivity index (χ2v) is 6.20. The van der Waals surface area contributed by atoms with Gasteiger partial charge in [-0.1, -0.05) is 52.5 Å². The maximum atomic E-state index is 11.4. The van der Waals surface area contributed by atoms with Crippen LogP contribution in [0.2, 0.25) is 20.4 Å². The van der Waals surface area contributed by atoms with Gasteiger partial charge in [0.05, 0.1) is 12.2 Å². The van der Waals surface area contributed by atoms with Gasteiger partial charge in [-0.15, -0.1) is 0 Å². The average molecular weight is 408 g/mol. The Morgan fingerprint density at radius 1 is 1.29 bits per heavy atom. The highest BCUT2D eigenvalue weighted by Crippen LogP contribution is 2.26. The van der Waals surface area contributed by atoms with E-state index in [0.29, 0.717) is 15.6 Å². The van der Waals surface area contributed by atoms with Crippen molar-refractivity contribution < 1.29 is 9.90 Å². The Kier molecular flexibility index (Phi) is 6.23. The minimum Gasteiger partial charge on any atom is -0.476 e. The van der Waals surface area contributed by atoms with Gasteiger partial charge in [-0.25, -0.2) is 14.8 Å². The first-order chi connectivity index (χ1) is 11.3. The molecular weight excluding hydrogens is 398 g/mol. The molecule has 2 rings (SSSR count). The van der Waals surface area contributed by atoms with Gasteiger partial charge in [-0.05, 0) is 24.6 Å². The van der Waals surface area contributed by atoms with Crippen LogP contribution in [-0.2, 0) is 4.79 Å². The molecule has 0 aliphatic carbocycles. The van der Waals surface area contributed by atoms with Crippen LogP contribution < -0.4 is 5.43 Å². The normalized spacial score (nSPS) is 12.8. The van der Waals surface area contributed by atoms with Gasteiger partial charge >= 0.3 is 5.97 Å². The summed E-state index contributed by atoms with van der Waals surface area (Å²) >= 11 is 23.5. The molecule has 2 aromatic rings. The summed E-state index contributed by atoms with van der Waals surface area (Å²) in [5.41, 5.74) is 2.90. The van der Waals surface area contributed by atoms with E-state index < -0.39 is 11.7 Å². The number of hydrogen-bond donors (Lipinski definition) is 2. The number of carboxylic acids is 1. The summed E-state index contributed by atoms with van der Waals surface area (Å²) in [6.45, 7) is 1.76. The summed E-state index contributed by atoms with van der Waals surface area (Å²) in [6, 6.07) is 4.58. The van der Waals surface area contributed by atoms with E-state index in [-0.39, 0.29) is 22.0 Å². The predicted molar refractivity (Wildman–Crippen MR) is 94.2 cm³/mol. The van der Waals surface area contributed by atoms with Gasteiger partial charge in [0, 0.05) is 10.0 Å². The van der Waals surface area contributed by atoms with Crippen LogP contribution >= 0.6 is 46.4 Å². The van der Waals surface area contributed by atoms with Crippen molar-refractivity contribution in [1.82, 2.24) is 15.4 Å². The maximum Gasteiger partial charge on any atom is 0.358 e. The highest BCUT2D eigenvalue weighted by Gasteiger charge is 2.20. The first-order valence-corrected chi connectivity index (χ1v) is 8.00. The first-order valence-electron chi connectivity index (χ1n) is 6.49.